The highest BCUT2D eigenvalue weighted by Crippen LogP contribution is 2.30. The topological polar surface area (TPSA) is 88.0 Å². The van der Waals surface area contributed by atoms with Gasteiger partial charge in [-0.1, -0.05) is 11.2 Å². The van der Waals surface area contributed by atoms with E-state index in [1.54, 1.807) is 43.5 Å². The standard InChI is InChI=1S/C24H20FN3O3/c1-13-21(22(28-31-13)14-5-8-16(25)9-6-14)23(29)19-12-26-20-11-15(7-10-18(19)20)24(30)27-17-3-2-4-17/h5-12,17,26H,2-4H2,1H3,(H,27,30). The molecule has 0 saturated heterocycles. The molecule has 0 atom stereocenters. The molecule has 1 saturated carbocycles. The van der Waals surface area contributed by atoms with Crippen LogP contribution in [0.4, 0.5) is 4.39 Å². The Morgan fingerprint density at radius 3 is 2.65 bits per heavy atom. The van der Waals surface area contributed by atoms with Gasteiger partial charge in [-0.05, 0) is 62.6 Å². The number of H-pyrrole nitrogens is 1. The van der Waals surface area contributed by atoms with Crippen molar-refractivity contribution in [3.05, 3.63) is 76.9 Å². The number of amides is 1. The summed E-state index contributed by atoms with van der Waals surface area (Å²) in [6, 6.07) is 11.3. The minimum absolute atomic E-state index is 0.109. The number of carbonyl (C=O) groups excluding carboxylic acids is 2. The molecule has 156 valence electrons. The van der Waals surface area contributed by atoms with E-state index in [0.717, 1.165) is 19.3 Å². The number of ketones is 1. The number of hydrogen-bond donors (Lipinski definition) is 2. The number of nitrogens with one attached hydrogen (secondary N) is 2. The Morgan fingerprint density at radius 2 is 1.94 bits per heavy atom. The zero-order valence-electron chi connectivity index (χ0n) is 16.9. The largest absolute Gasteiger partial charge is 0.360 e. The lowest BCUT2D eigenvalue weighted by Crippen LogP contribution is -2.39. The highest BCUT2D eigenvalue weighted by atomic mass is 19.1. The third kappa shape index (κ3) is 3.42. The average Bonchev–Trinajstić information content (AvgIpc) is 3.34. The van der Waals surface area contributed by atoms with Crippen molar-refractivity contribution in [1.29, 1.82) is 0 Å². The summed E-state index contributed by atoms with van der Waals surface area (Å²) in [5.74, 6) is -0.348. The zero-order chi connectivity index (χ0) is 21.5. The molecule has 31 heavy (non-hydrogen) atoms. The first-order valence-electron chi connectivity index (χ1n) is 10.2. The van der Waals surface area contributed by atoms with E-state index in [1.807, 2.05) is 0 Å². The lowest BCUT2D eigenvalue weighted by atomic mass is 9.93. The van der Waals surface area contributed by atoms with Gasteiger partial charge in [-0.25, -0.2) is 4.39 Å². The Balaban J connectivity index is 1.49. The van der Waals surface area contributed by atoms with Gasteiger partial charge in [0.2, 0.25) is 5.78 Å². The van der Waals surface area contributed by atoms with Crippen LogP contribution in [-0.4, -0.2) is 27.9 Å². The zero-order valence-corrected chi connectivity index (χ0v) is 16.9. The molecular weight excluding hydrogens is 397 g/mol. The maximum Gasteiger partial charge on any atom is 0.251 e. The van der Waals surface area contributed by atoms with Crippen LogP contribution in [0.15, 0.2) is 53.2 Å². The van der Waals surface area contributed by atoms with Gasteiger partial charge in [0.15, 0.2) is 0 Å². The van der Waals surface area contributed by atoms with Crippen LogP contribution < -0.4 is 5.32 Å². The van der Waals surface area contributed by atoms with Crippen LogP contribution in [0.3, 0.4) is 0 Å². The van der Waals surface area contributed by atoms with Crippen LogP contribution in [0.25, 0.3) is 22.2 Å². The third-order valence-corrected chi connectivity index (χ3v) is 5.84. The SMILES string of the molecule is Cc1onc(-c2ccc(F)cc2)c1C(=O)c1c[nH]c2cc(C(=O)NC3CCC3)ccc12. The van der Waals surface area contributed by atoms with Crippen LogP contribution >= 0.6 is 0 Å². The number of aryl methyl sites for hydroxylation is 1. The fourth-order valence-corrected chi connectivity index (χ4v) is 3.86. The molecule has 2 heterocycles. The maximum atomic E-state index is 13.4. The molecule has 0 bridgehead atoms. The van der Waals surface area contributed by atoms with E-state index >= 15 is 0 Å². The van der Waals surface area contributed by atoms with Crippen molar-refractivity contribution in [1.82, 2.24) is 15.5 Å². The van der Waals surface area contributed by atoms with Crippen LogP contribution in [0.5, 0.6) is 0 Å². The minimum Gasteiger partial charge on any atom is -0.360 e. The molecule has 6 nitrogen and oxygen atoms in total. The molecule has 1 amide bonds. The number of rotatable bonds is 5. The second kappa shape index (κ2) is 7.50. The van der Waals surface area contributed by atoms with Gasteiger partial charge in [0, 0.05) is 39.8 Å². The number of halogens is 1. The first kappa shape index (κ1) is 19.2. The number of nitrogens with zero attached hydrogens (tertiary/aromatic N) is 1. The summed E-state index contributed by atoms with van der Waals surface area (Å²) in [6.07, 6.45) is 4.81. The normalized spacial score (nSPS) is 13.9. The number of aromatic amines is 1. The lowest BCUT2D eigenvalue weighted by Gasteiger charge is -2.26. The van der Waals surface area contributed by atoms with E-state index in [-0.39, 0.29) is 23.5 Å². The lowest BCUT2D eigenvalue weighted by molar-refractivity contribution is 0.0916. The summed E-state index contributed by atoms with van der Waals surface area (Å²) < 4.78 is 18.6. The summed E-state index contributed by atoms with van der Waals surface area (Å²) in [5, 5.41) is 7.75. The van der Waals surface area contributed by atoms with Gasteiger partial charge >= 0.3 is 0 Å². The molecule has 1 aliphatic rings. The van der Waals surface area contributed by atoms with Crippen molar-refractivity contribution >= 4 is 22.6 Å². The van der Waals surface area contributed by atoms with Gasteiger partial charge in [-0.3, -0.25) is 9.59 Å². The third-order valence-electron chi connectivity index (χ3n) is 5.84. The summed E-state index contributed by atoms with van der Waals surface area (Å²) in [5.41, 5.74) is 3.00. The molecule has 2 aromatic carbocycles. The monoisotopic (exact) mass is 417 g/mol. The van der Waals surface area contributed by atoms with Gasteiger partial charge in [0.05, 0.1) is 5.56 Å². The molecule has 0 spiro atoms. The van der Waals surface area contributed by atoms with Crippen LogP contribution in [0.2, 0.25) is 0 Å². The molecule has 5 rings (SSSR count). The molecular formula is C24H20FN3O3. The predicted molar refractivity (Wildman–Crippen MR) is 113 cm³/mol. The molecule has 2 N–H and O–H groups in total. The molecule has 1 aliphatic carbocycles. The number of hydrogen-bond acceptors (Lipinski definition) is 4. The number of aromatic nitrogens is 2. The second-order valence-electron chi connectivity index (χ2n) is 7.86. The van der Waals surface area contributed by atoms with E-state index in [4.69, 9.17) is 4.52 Å². The number of benzene rings is 2. The highest BCUT2D eigenvalue weighted by molar-refractivity contribution is 6.19. The summed E-state index contributed by atoms with van der Waals surface area (Å²) >= 11 is 0. The van der Waals surface area contributed by atoms with E-state index in [2.05, 4.69) is 15.5 Å². The summed E-state index contributed by atoms with van der Waals surface area (Å²) in [7, 11) is 0. The van der Waals surface area contributed by atoms with Crippen LogP contribution in [-0.2, 0) is 0 Å². The summed E-state index contributed by atoms with van der Waals surface area (Å²) in [4.78, 5) is 28.9. The van der Waals surface area contributed by atoms with Crippen molar-refractivity contribution in [2.24, 2.45) is 0 Å². The summed E-state index contributed by atoms with van der Waals surface area (Å²) in [6.45, 7) is 1.67. The second-order valence-corrected chi connectivity index (χ2v) is 7.86. The van der Waals surface area contributed by atoms with E-state index in [0.29, 0.717) is 44.6 Å². The number of carbonyl (C=O) groups is 2. The Bertz CT molecular complexity index is 1300. The Kier molecular flexibility index (Phi) is 4.66. The fourth-order valence-electron chi connectivity index (χ4n) is 3.86. The first-order valence-corrected chi connectivity index (χ1v) is 10.2. The van der Waals surface area contributed by atoms with Gasteiger partial charge in [0.25, 0.3) is 5.91 Å². The molecule has 4 aromatic rings. The van der Waals surface area contributed by atoms with Crippen LogP contribution in [0, 0.1) is 12.7 Å². The van der Waals surface area contributed by atoms with Gasteiger partial charge < -0.3 is 14.8 Å². The van der Waals surface area contributed by atoms with E-state index in [9.17, 15) is 14.0 Å². The molecule has 0 aliphatic heterocycles. The Morgan fingerprint density at radius 1 is 1.16 bits per heavy atom. The maximum absolute atomic E-state index is 13.4. The molecule has 0 radical (unpaired) electrons. The minimum atomic E-state index is -0.370. The molecule has 0 unspecified atom stereocenters. The van der Waals surface area contributed by atoms with Gasteiger partial charge in [-0.15, -0.1) is 0 Å². The average molecular weight is 417 g/mol. The van der Waals surface area contributed by atoms with Crippen LogP contribution in [0.1, 0.15) is 51.3 Å². The first-order chi connectivity index (χ1) is 15.0. The van der Waals surface area contributed by atoms with Crippen molar-refractivity contribution < 1.29 is 18.5 Å². The van der Waals surface area contributed by atoms with Crippen molar-refractivity contribution in [2.45, 2.75) is 32.2 Å². The molecule has 7 heteroatoms. The molecule has 1 fully saturated rings. The van der Waals surface area contributed by atoms with E-state index in [1.165, 1.54) is 12.1 Å². The van der Waals surface area contributed by atoms with Crippen molar-refractivity contribution in [2.75, 3.05) is 0 Å². The Labute approximate surface area is 177 Å². The van der Waals surface area contributed by atoms with Gasteiger partial charge in [-0.2, -0.15) is 0 Å². The predicted octanol–water partition coefficient (Wildman–Crippen LogP) is 4.78. The molecule has 2 aromatic heterocycles. The van der Waals surface area contributed by atoms with Gasteiger partial charge in [0.1, 0.15) is 17.3 Å². The van der Waals surface area contributed by atoms with E-state index < -0.39 is 0 Å². The fraction of sp³-hybridized carbons (Fsp3) is 0.208. The highest BCUT2D eigenvalue weighted by Gasteiger charge is 2.25. The number of fused-ring (bicyclic) bond motifs is 1. The van der Waals surface area contributed by atoms with Crippen molar-refractivity contribution in [3.63, 3.8) is 0 Å². The van der Waals surface area contributed by atoms with Crippen molar-refractivity contribution in [3.8, 4) is 11.3 Å². The Hall–Kier alpha value is -3.74. The quantitative estimate of drug-likeness (QED) is 0.457. The smallest absolute Gasteiger partial charge is 0.251 e.